The summed E-state index contributed by atoms with van der Waals surface area (Å²) in [5.41, 5.74) is 0. The predicted molar refractivity (Wildman–Crippen MR) is 87.9 cm³/mol. The normalized spacial score (nSPS) is 27.1. The van der Waals surface area contributed by atoms with Crippen molar-refractivity contribution in [3.05, 3.63) is 0 Å². The molecular formula is C18H37NO. The molecule has 20 heavy (non-hydrogen) atoms. The van der Waals surface area contributed by atoms with Crippen LogP contribution in [0.15, 0.2) is 0 Å². The number of rotatable bonds is 0. The molecule has 1 saturated heterocycles. The Kier molecular flexibility index (Phi) is 12.5. The largest absolute Gasteiger partial charge is 0.379 e. The van der Waals surface area contributed by atoms with Crippen LogP contribution in [0.2, 0.25) is 0 Å². The van der Waals surface area contributed by atoms with Crippen molar-refractivity contribution in [3.63, 3.8) is 0 Å². The molecule has 0 radical (unpaired) electrons. The molecule has 2 N–H and O–H groups in total. The van der Waals surface area contributed by atoms with Gasteiger partial charge in [0.2, 0.25) is 0 Å². The first kappa shape index (κ1) is 18.0. The predicted octanol–water partition coefficient (Wildman–Crippen LogP) is 5.15. The fraction of sp³-hybridized carbons (Fsp3) is 1.00. The Bertz CT molecular complexity index is 176. The molecule has 0 saturated carbocycles. The van der Waals surface area contributed by atoms with Gasteiger partial charge >= 0.3 is 0 Å². The molecule has 1 fully saturated rings. The zero-order valence-corrected chi connectivity index (χ0v) is 13.5. The van der Waals surface area contributed by atoms with Gasteiger partial charge in [0.15, 0.2) is 0 Å². The molecule has 0 aromatic rings. The minimum absolute atomic E-state index is 0.267. The highest BCUT2D eigenvalue weighted by atomic mass is 16.3. The summed E-state index contributed by atoms with van der Waals surface area (Å²) in [5, 5.41) is 13.1. The molecular weight excluding hydrogens is 246 g/mol. The number of nitrogens with one attached hydrogen (secondary N) is 1. The highest BCUT2D eigenvalue weighted by molar-refractivity contribution is 4.56. The number of aliphatic hydroxyl groups is 1. The van der Waals surface area contributed by atoms with Crippen LogP contribution in [0.25, 0.3) is 0 Å². The van der Waals surface area contributed by atoms with Crippen molar-refractivity contribution < 1.29 is 5.11 Å². The van der Waals surface area contributed by atoms with Crippen molar-refractivity contribution in [2.75, 3.05) is 6.54 Å². The lowest BCUT2D eigenvalue weighted by molar-refractivity contribution is 0.124. The second-order valence-electron chi connectivity index (χ2n) is 6.56. The third-order valence-electron chi connectivity index (χ3n) is 4.53. The highest BCUT2D eigenvalue weighted by Gasteiger charge is 2.02. The lowest BCUT2D eigenvalue weighted by atomic mass is 10.0. The number of hydrogen-bond acceptors (Lipinski definition) is 2. The van der Waals surface area contributed by atoms with Crippen LogP contribution in [0.3, 0.4) is 0 Å². The first-order chi connectivity index (χ1) is 9.89. The maximum absolute atomic E-state index is 9.83. The number of hydrogen-bond donors (Lipinski definition) is 2. The lowest BCUT2D eigenvalue weighted by Gasteiger charge is -2.12. The standard InChI is InChI=1S/C18H37NO/c20-18-16-14-12-10-8-6-4-2-1-3-5-7-9-11-13-15-17-19-18/h18-20H,1-17H2. The highest BCUT2D eigenvalue weighted by Crippen LogP contribution is 2.14. The van der Waals surface area contributed by atoms with E-state index in [1.165, 1.54) is 96.3 Å². The third-order valence-corrected chi connectivity index (χ3v) is 4.53. The second-order valence-corrected chi connectivity index (χ2v) is 6.56. The molecule has 0 aromatic carbocycles. The first-order valence-corrected chi connectivity index (χ1v) is 9.31. The van der Waals surface area contributed by atoms with Crippen molar-refractivity contribution in [2.45, 2.75) is 109 Å². The van der Waals surface area contributed by atoms with E-state index in [4.69, 9.17) is 0 Å². The van der Waals surface area contributed by atoms with Crippen molar-refractivity contribution in [3.8, 4) is 0 Å². The molecule has 1 heterocycles. The Morgan fingerprint density at radius 1 is 0.500 bits per heavy atom. The van der Waals surface area contributed by atoms with Gasteiger partial charge in [-0.15, -0.1) is 0 Å². The molecule has 0 bridgehead atoms. The first-order valence-electron chi connectivity index (χ1n) is 9.31. The summed E-state index contributed by atoms with van der Waals surface area (Å²) in [5.74, 6) is 0. The molecule has 1 atom stereocenters. The van der Waals surface area contributed by atoms with Crippen LogP contribution in [0.1, 0.15) is 103 Å². The molecule has 2 nitrogen and oxygen atoms in total. The van der Waals surface area contributed by atoms with E-state index in [0.717, 1.165) is 13.0 Å². The lowest BCUT2D eigenvalue weighted by Crippen LogP contribution is -2.29. The second kappa shape index (κ2) is 13.9. The SMILES string of the molecule is OC1CCCCCCCCCCCCCCCCCN1. The van der Waals surface area contributed by atoms with Gasteiger partial charge in [-0.1, -0.05) is 83.5 Å². The minimum Gasteiger partial charge on any atom is -0.379 e. The summed E-state index contributed by atoms with van der Waals surface area (Å²) in [7, 11) is 0. The summed E-state index contributed by atoms with van der Waals surface area (Å²) in [6.07, 6.45) is 21.3. The molecule has 0 aromatic heterocycles. The van der Waals surface area contributed by atoms with Gasteiger partial charge in [-0.2, -0.15) is 0 Å². The topological polar surface area (TPSA) is 32.3 Å². The maximum atomic E-state index is 9.83. The van der Waals surface area contributed by atoms with E-state index in [2.05, 4.69) is 5.32 Å². The molecule has 1 aliphatic rings. The van der Waals surface area contributed by atoms with Crippen molar-refractivity contribution in [1.29, 1.82) is 0 Å². The Morgan fingerprint density at radius 3 is 1.30 bits per heavy atom. The maximum Gasteiger partial charge on any atom is 0.104 e. The summed E-state index contributed by atoms with van der Waals surface area (Å²) in [6.45, 7) is 0.987. The fourth-order valence-corrected chi connectivity index (χ4v) is 3.13. The molecule has 0 aliphatic carbocycles. The van der Waals surface area contributed by atoms with Crippen LogP contribution in [0.5, 0.6) is 0 Å². The van der Waals surface area contributed by atoms with E-state index < -0.39 is 0 Å². The Hall–Kier alpha value is -0.0800. The van der Waals surface area contributed by atoms with Crippen molar-refractivity contribution >= 4 is 0 Å². The smallest absolute Gasteiger partial charge is 0.104 e. The van der Waals surface area contributed by atoms with Gasteiger partial charge in [-0.3, -0.25) is 5.32 Å². The monoisotopic (exact) mass is 283 g/mol. The van der Waals surface area contributed by atoms with Crippen LogP contribution < -0.4 is 5.32 Å². The molecule has 2 heteroatoms. The molecule has 1 aliphatic heterocycles. The van der Waals surface area contributed by atoms with Crippen molar-refractivity contribution in [2.24, 2.45) is 0 Å². The summed E-state index contributed by atoms with van der Waals surface area (Å²) >= 11 is 0. The van der Waals surface area contributed by atoms with Gasteiger partial charge in [-0.25, -0.2) is 0 Å². The molecule has 1 unspecified atom stereocenters. The fourth-order valence-electron chi connectivity index (χ4n) is 3.13. The molecule has 1 rings (SSSR count). The van der Waals surface area contributed by atoms with E-state index in [0.29, 0.717) is 0 Å². The van der Waals surface area contributed by atoms with Crippen LogP contribution in [0, 0.1) is 0 Å². The Morgan fingerprint density at radius 2 is 0.850 bits per heavy atom. The van der Waals surface area contributed by atoms with Gasteiger partial charge in [0.05, 0.1) is 0 Å². The summed E-state index contributed by atoms with van der Waals surface area (Å²) in [6, 6.07) is 0. The van der Waals surface area contributed by atoms with Crippen LogP contribution in [-0.4, -0.2) is 17.9 Å². The Labute approximate surface area is 126 Å². The van der Waals surface area contributed by atoms with Gasteiger partial charge in [0.25, 0.3) is 0 Å². The van der Waals surface area contributed by atoms with Crippen LogP contribution in [0.4, 0.5) is 0 Å². The van der Waals surface area contributed by atoms with Crippen LogP contribution >= 0.6 is 0 Å². The minimum atomic E-state index is -0.267. The van der Waals surface area contributed by atoms with Crippen LogP contribution in [-0.2, 0) is 0 Å². The van der Waals surface area contributed by atoms with Crippen molar-refractivity contribution in [1.82, 2.24) is 5.32 Å². The van der Waals surface area contributed by atoms with E-state index in [-0.39, 0.29) is 6.23 Å². The summed E-state index contributed by atoms with van der Waals surface area (Å²) < 4.78 is 0. The average Bonchev–Trinajstić information content (AvgIpc) is 2.45. The molecule has 120 valence electrons. The van der Waals surface area contributed by atoms with Gasteiger partial charge in [-0.05, 0) is 25.8 Å². The average molecular weight is 283 g/mol. The molecule has 0 amide bonds. The van der Waals surface area contributed by atoms with Gasteiger partial charge in [0.1, 0.15) is 6.23 Å². The van der Waals surface area contributed by atoms with E-state index >= 15 is 0 Å². The van der Waals surface area contributed by atoms with E-state index in [9.17, 15) is 5.11 Å². The summed E-state index contributed by atoms with van der Waals surface area (Å²) in [4.78, 5) is 0. The van der Waals surface area contributed by atoms with Gasteiger partial charge < -0.3 is 5.11 Å². The van der Waals surface area contributed by atoms with E-state index in [1.807, 2.05) is 0 Å². The van der Waals surface area contributed by atoms with E-state index in [1.54, 1.807) is 0 Å². The molecule has 0 spiro atoms. The zero-order valence-electron chi connectivity index (χ0n) is 13.5. The quantitative estimate of drug-likeness (QED) is 0.644. The zero-order chi connectivity index (χ0) is 14.3. The Balaban J connectivity index is 2.09. The third kappa shape index (κ3) is 11.7. The number of aliphatic hydroxyl groups excluding tert-OH is 1. The van der Waals surface area contributed by atoms with Gasteiger partial charge in [0, 0.05) is 0 Å².